The molecule has 14 heavy (non-hydrogen) atoms. The van der Waals surface area contributed by atoms with E-state index in [9.17, 15) is 4.79 Å². The zero-order valence-electron chi connectivity index (χ0n) is 7.40. The van der Waals surface area contributed by atoms with Gasteiger partial charge in [-0.1, -0.05) is 12.1 Å². The largest absolute Gasteiger partial charge is 0.397 e. The van der Waals surface area contributed by atoms with E-state index in [4.69, 9.17) is 11.5 Å². The second-order valence-corrected chi connectivity index (χ2v) is 2.97. The van der Waals surface area contributed by atoms with Gasteiger partial charge in [-0.2, -0.15) is 0 Å². The van der Waals surface area contributed by atoms with Gasteiger partial charge in [-0.3, -0.25) is 9.78 Å². The van der Waals surface area contributed by atoms with Crippen molar-refractivity contribution >= 4 is 22.5 Å². The fraction of sp³-hybridized carbons (Fsp3) is 0. The number of nitrogen functional groups attached to an aromatic ring is 1. The number of hydrogen-bond donors (Lipinski definition) is 2. The number of carbonyl (C=O) groups is 1. The van der Waals surface area contributed by atoms with E-state index < -0.39 is 5.91 Å². The zero-order chi connectivity index (χ0) is 10.1. The smallest absolute Gasteiger partial charge is 0.249 e. The van der Waals surface area contributed by atoms with Crippen LogP contribution in [0.4, 0.5) is 5.69 Å². The summed E-state index contributed by atoms with van der Waals surface area (Å²) in [5, 5.41) is 0.694. The van der Waals surface area contributed by atoms with Crippen molar-refractivity contribution in [3.05, 3.63) is 36.0 Å². The topological polar surface area (TPSA) is 82.0 Å². The molecule has 0 saturated heterocycles. The SMILES string of the molecule is NC(=O)c1ccnc2c(N)cccc12. The molecule has 1 heterocycles. The van der Waals surface area contributed by atoms with E-state index in [0.717, 1.165) is 0 Å². The molecule has 2 aromatic rings. The van der Waals surface area contributed by atoms with Gasteiger partial charge >= 0.3 is 0 Å². The Hall–Kier alpha value is -2.10. The Labute approximate surface area is 80.5 Å². The molecule has 1 amide bonds. The number of nitrogens with two attached hydrogens (primary N) is 2. The molecule has 4 N–H and O–H groups in total. The fourth-order valence-electron chi connectivity index (χ4n) is 1.41. The summed E-state index contributed by atoms with van der Waals surface area (Å²) < 4.78 is 0. The van der Waals surface area contributed by atoms with Crippen molar-refractivity contribution in [2.75, 3.05) is 5.73 Å². The Balaban J connectivity index is 2.88. The molecule has 70 valence electrons. The van der Waals surface area contributed by atoms with Crippen LogP contribution in [-0.2, 0) is 0 Å². The molecule has 0 spiro atoms. The monoisotopic (exact) mass is 187 g/mol. The highest BCUT2D eigenvalue weighted by Gasteiger charge is 2.07. The average Bonchev–Trinajstić information content (AvgIpc) is 2.17. The highest BCUT2D eigenvalue weighted by atomic mass is 16.1. The molecular formula is C10H9N3O. The Bertz CT molecular complexity index is 508. The molecule has 0 bridgehead atoms. The van der Waals surface area contributed by atoms with E-state index in [1.807, 2.05) is 0 Å². The number of anilines is 1. The summed E-state index contributed by atoms with van der Waals surface area (Å²) in [6, 6.07) is 6.87. The maximum atomic E-state index is 11.1. The molecule has 0 aliphatic carbocycles. The number of rotatable bonds is 1. The predicted molar refractivity (Wildman–Crippen MR) is 54.7 cm³/mol. The van der Waals surface area contributed by atoms with Gasteiger partial charge in [0.25, 0.3) is 0 Å². The summed E-state index contributed by atoms with van der Waals surface area (Å²) in [6.45, 7) is 0. The quantitative estimate of drug-likeness (QED) is 0.651. The first-order valence-corrected chi connectivity index (χ1v) is 4.13. The summed E-state index contributed by atoms with van der Waals surface area (Å²) in [7, 11) is 0. The van der Waals surface area contributed by atoms with Crippen LogP contribution in [0.5, 0.6) is 0 Å². The number of carbonyl (C=O) groups excluding carboxylic acids is 1. The fourth-order valence-corrected chi connectivity index (χ4v) is 1.41. The van der Waals surface area contributed by atoms with Crippen LogP contribution in [0.2, 0.25) is 0 Å². The Morgan fingerprint density at radius 3 is 2.79 bits per heavy atom. The number of aromatic nitrogens is 1. The molecule has 1 aromatic heterocycles. The lowest BCUT2D eigenvalue weighted by atomic mass is 10.1. The third-order valence-corrected chi connectivity index (χ3v) is 2.07. The molecule has 0 aliphatic rings. The van der Waals surface area contributed by atoms with Crippen molar-refractivity contribution in [2.45, 2.75) is 0 Å². The molecule has 0 aliphatic heterocycles. The molecular weight excluding hydrogens is 178 g/mol. The summed E-state index contributed by atoms with van der Waals surface area (Å²) in [6.07, 6.45) is 1.53. The van der Waals surface area contributed by atoms with Crippen molar-refractivity contribution in [2.24, 2.45) is 5.73 Å². The van der Waals surface area contributed by atoms with Crippen molar-refractivity contribution < 1.29 is 4.79 Å². The molecule has 0 radical (unpaired) electrons. The first kappa shape index (κ1) is 8.50. The summed E-state index contributed by atoms with van der Waals surface area (Å²) in [4.78, 5) is 15.2. The number of para-hydroxylation sites is 1. The van der Waals surface area contributed by atoms with Crippen LogP contribution in [0.1, 0.15) is 10.4 Å². The summed E-state index contributed by atoms with van der Waals surface area (Å²) in [5.41, 5.74) is 12.5. The lowest BCUT2D eigenvalue weighted by Gasteiger charge is -2.03. The minimum Gasteiger partial charge on any atom is -0.397 e. The number of fused-ring (bicyclic) bond motifs is 1. The van der Waals surface area contributed by atoms with Gasteiger partial charge in [-0.15, -0.1) is 0 Å². The molecule has 1 aromatic carbocycles. The number of nitrogens with zero attached hydrogens (tertiary/aromatic N) is 1. The number of hydrogen-bond acceptors (Lipinski definition) is 3. The predicted octanol–water partition coefficient (Wildman–Crippen LogP) is 0.916. The minimum absolute atomic E-state index is 0.447. The average molecular weight is 187 g/mol. The van der Waals surface area contributed by atoms with Crippen molar-refractivity contribution in [1.29, 1.82) is 0 Å². The van der Waals surface area contributed by atoms with Crippen LogP contribution in [0.3, 0.4) is 0 Å². The second kappa shape index (κ2) is 2.99. The van der Waals surface area contributed by atoms with Crippen LogP contribution < -0.4 is 11.5 Å². The first-order valence-electron chi connectivity index (χ1n) is 4.13. The first-order chi connectivity index (χ1) is 6.70. The van der Waals surface area contributed by atoms with E-state index in [1.54, 1.807) is 24.3 Å². The van der Waals surface area contributed by atoms with Gasteiger partial charge in [-0.05, 0) is 12.1 Å². The molecule has 4 heteroatoms. The Morgan fingerprint density at radius 2 is 2.07 bits per heavy atom. The van der Waals surface area contributed by atoms with E-state index in [-0.39, 0.29) is 0 Å². The highest BCUT2D eigenvalue weighted by molar-refractivity contribution is 6.07. The number of amides is 1. The second-order valence-electron chi connectivity index (χ2n) is 2.97. The maximum absolute atomic E-state index is 11.1. The van der Waals surface area contributed by atoms with Gasteiger partial charge in [-0.25, -0.2) is 0 Å². The third kappa shape index (κ3) is 1.17. The normalized spacial score (nSPS) is 10.3. The number of pyridine rings is 1. The third-order valence-electron chi connectivity index (χ3n) is 2.07. The molecule has 4 nitrogen and oxygen atoms in total. The van der Waals surface area contributed by atoms with Gasteiger partial charge in [0.05, 0.1) is 16.8 Å². The standard InChI is InChI=1S/C10H9N3O/c11-8-3-1-2-6-7(10(12)14)4-5-13-9(6)8/h1-5H,11H2,(H2,12,14). The minimum atomic E-state index is -0.469. The Kier molecular flexibility index (Phi) is 1.81. The zero-order valence-corrected chi connectivity index (χ0v) is 7.40. The summed E-state index contributed by atoms with van der Waals surface area (Å²) in [5.74, 6) is -0.469. The number of benzene rings is 1. The summed E-state index contributed by atoms with van der Waals surface area (Å²) >= 11 is 0. The highest BCUT2D eigenvalue weighted by Crippen LogP contribution is 2.21. The van der Waals surface area contributed by atoms with Gasteiger partial charge < -0.3 is 11.5 Å². The van der Waals surface area contributed by atoms with E-state index in [2.05, 4.69) is 4.98 Å². The molecule has 0 saturated carbocycles. The van der Waals surface area contributed by atoms with Crippen LogP contribution in [0, 0.1) is 0 Å². The van der Waals surface area contributed by atoms with E-state index in [0.29, 0.717) is 22.2 Å². The van der Waals surface area contributed by atoms with Crippen molar-refractivity contribution in [1.82, 2.24) is 4.98 Å². The van der Waals surface area contributed by atoms with Crippen LogP contribution in [-0.4, -0.2) is 10.9 Å². The number of primary amides is 1. The van der Waals surface area contributed by atoms with Crippen LogP contribution >= 0.6 is 0 Å². The van der Waals surface area contributed by atoms with Crippen LogP contribution in [0.25, 0.3) is 10.9 Å². The van der Waals surface area contributed by atoms with Gasteiger partial charge in [0.15, 0.2) is 0 Å². The maximum Gasteiger partial charge on any atom is 0.249 e. The molecule has 2 rings (SSSR count). The van der Waals surface area contributed by atoms with Crippen LogP contribution in [0.15, 0.2) is 30.5 Å². The molecule has 0 atom stereocenters. The van der Waals surface area contributed by atoms with Crippen molar-refractivity contribution in [3.8, 4) is 0 Å². The Morgan fingerprint density at radius 1 is 1.29 bits per heavy atom. The lowest BCUT2D eigenvalue weighted by molar-refractivity contribution is 0.100. The van der Waals surface area contributed by atoms with E-state index in [1.165, 1.54) is 6.20 Å². The van der Waals surface area contributed by atoms with E-state index >= 15 is 0 Å². The van der Waals surface area contributed by atoms with Gasteiger partial charge in [0, 0.05) is 11.6 Å². The van der Waals surface area contributed by atoms with Crippen molar-refractivity contribution in [3.63, 3.8) is 0 Å². The molecule has 0 fully saturated rings. The van der Waals surface area contributed by atoms with Gasteiger partial charge in [0.2, 0.25) is 5.91 Å². The lowest BCUT2D eigenvalue weighted by Crippen LogP contribution is -2.11. The van der Waals surface area contributed by atoms with Gasteiger partial charge in [0.1, 0.15) is 0 Å². The molecule has 0 unspecified atom stereocenters.